The predicted octanol–water partition coefficient (Wildman–Crippen LogP) is 3.33. The maximum Gasteiger partial charge on any atom is 0.249 e. The Morgan fingerprint density at radius 2 is 1.88 bits per heavy atom. The van der Waals surface area contributed by atoms with E-state index >= 15 is 0 Å². The van der Waals surface area contributed by atoms with Crippen LogP contribution >= 0.6 is 0 Å². The first-order valence-electron chi connectivity index (χ1n) is 8.88. The molecule has 0 spiro atoms. The highest BCUT2D eigenvalue weighted by Gasteiger charge is 2.29. The molecule has 1 heterocycles. The van der Waals surface area contributed by atoms with Gasteiger partial charge in [0.25, 0.3) is 0 Å². The first-order valence-corrected chi connectivity index (χ1v) is 8.88. The van der Waals surface area contributed by atoms with E-state index in [1.54, 1.807) is 6.07 Å². The van der Waals surface area contributed by atoms with Crippen molar-refractivity contribution in [2.24, 2.45) is 11.7 Å². The number of carbonyl (C=O) groups excluding carboxylic acids is 2. The van der Waals surface area contributed by atoms with Crippen molar-refractivity contribution >= 4 is 17.5 Å². The van der Waals surface area contributed by atoms with E-state index in [0.717, 1.165) is 36.9 Å². The summed E-state index contributed by atoms with van der Waals surface area (Å²) in [5.41, 5.74) is 8.96. The number of anilines is 1. The summed E-state index contributed by atoms with van der Waals surface area (Å²) in [7, 11) is 0. The van der Waals surface area contributed by atoms with Gasteiger partial charge in [-0.2, -0.15) is 0 Å². The van der Waals surface area contributed by atoms with Crippen molar-refractivity contribution in [2.75, 3.05) is 11.4 Å². The SMILES string of the molecule is CCC(Cc1ccccc1)C(=O)N1CCCc2c(C(N)=O)cccc21. The minimum atomic E-state index is -0.428. The molecule has 0 aliphatic carbocycles. The lowest BCUT2D eigenvalue weighted by atomic mass is 9.92. The molecule has 2 aromatic carbocycles. The second kappa shape index (κ2) is 7.51. The van der Waals surface area contributed by atoms with E-state index in [4.69, 9.17) is 5.73 Å². The number of nitrogens with zero attached hydrogens (tertiary/aromatic N) is 1. The summed E-state index contributed by atoms with van der Waals surface area (Å²) >= 11 is 0. The molecule has 0 saturated heterocycles. The highest BCUT2D eigenvalue weighted by molar-refractivity contribution is 6.00. The number of fused-ring (bicyclic) bond motifs is 1. The molecule has 3 rings (SSSR count). The van der Waals surface area contributed by atoms with Crippen LogP contribution in [0.5, 0.6) is 0 Å². The summed E-state index contributed by atoms with van der Waals surface area (Å²) < 4.78 is 0. The Bertz CT molecular complexity index is 771. The molecule has 0 radical (unpaired) electrons. The topological polar surface area (TPSA) is 63.4 Å². The van der Waals surface area contributed by atoms with Crippen LogP contribution in [0.25, 0.3) is 0 Å². The third-order valence-electron chi connectivity index (χ3n) is 4.95. The zero-order valence-corrected chi connectivity index (χ0v) is 14.6. The number of hydrogen-bond acceptors (Lipinski definition) is 2. The quantitative estimate of drug-likeness (QED) is 0.910. The molecule has 2 amide bonds. The largest absolute Gasteiger partial charge is 0.366 e. The number of primary amides is 1. The van der Waals surface area contributed by atoms with E-state index in [0.29, 0.717) is 12.1 Å². The Kier molecular flexibility index (Phi) is 5.17. The van der Waals surface area contributed by atoms with Crippen molar-refractivity contribution in [3.63, 3.8) is 0 Å². The smallest absolute Gasteiger partial charge is 0.249 e. The molecule has 0 bridgehead atoms. The van der Waals surface area contributed by atoms with Crippen molar-refractivity contribution in [3.05, 3.63) is 65.2 Å². The lowest BCUT2D eigenvalue weighted by Crippen LogP contribution is -2.40. The third-order valence-corrected chi connectivity index (χ3v) is 4.95. The summed E-state index contributed by atoms with van der Waals surface area (Å²) in [5, 5.41) is 0. The van der Waals surface area contributed by atoms with Gasteiger partial charge in [-0.05, 0) is 48.9 Å². The maximum absolute atomic E-state index is 13.2. The van der Waals surface area contributed by atoms with E-state index in [2.05, 4.69) is 19.1 Å². The summed E-state index contributed by atoms with van der Waals surface area (Å²) in [6, 6.07) is 15.6. The predicted molar refractivity (Wildman–Crippen MR) is 99.6 cm³/mol. The number of amides is 2. The number of benzene rings is 2. The second-order valence-corrected chi connectivity index (χ2v) is 6.56. The molecule has 4 nitrogen and oxygen atoms in total. The summed E-state index contributed by atoms with van der Waals surface area (Å²) in [6.45, 7) is 2.75. The van der Waals surface area contributed by atoms with Crippen molar-refractivity contribution in [2.45, 2.75) is 32.6 Å². The van der Waals surface area contributed by atoms with Gasteiger partial charge in [0.2, 0.25) is 11.8 Å². The Morgan fingerprint density at radius 1 is 1.12 bits per heavy atom. The van der Waals surface area contributed by atoms with E-state index in [9.17, 15) is 9.59 Å². The molecular weight excluding hydrogens is 312 g/mol. The van der Waals surface area contributed by atoms with Crippen LogP contribution < -0.4 is 10.6 Å². The first kappa shape index (κ1) is 17.2. The van der Waals surface area contributed by atoms with Crippen molar-refractivity contribution in [1.29, 1.82) is 0 Å². The minimum absolute atomic E-state index is 0.0643. The third kappa shape index (κ3) is 3.58. The van der Waals surface area contributed by atoms with Crippen LogP contribution in [0.1, 0.15) is 41.3 Å². The van der Waals surface area contributed by atoms with Gasteiger partial charge in [-0.15, -0.1) is 0 Å². The van der Waals surface area contributed by atoms with Crippen LogP contribution in [-0.4, -0.2) is 18.4 Å². The minimum Gasteiger partial charge on any atom is -0.366 e. The Labute approximate surface area is 148 Å². The molecule has 1 aliphatic heterocycles. The monoisotopic (exact) mass is 336 g/mol. The summed E-state index contributed by atoms with van der Waals surface area (Å²) in [4.78, 5) is 26.7. The maximum atomic E-state index is 13.2. The van der Waals surface area contributed by atoms with Crippen LogP contribution in [0.3, 0.4) is 0 Å². The summed E-state index contributed by atoms with van der Waals surface area (Å²) in [5.74, 6) is -0.359. The first-order chi connectivity index (χ1) is 12.1. The van der Waals surface area contributed by atoms with E-state index in [1.165, 1.54) is 5.56 Å². The number of hydrogen-bond donors (Lipinski definition) is 1. The second-order valence-electron chi connectivity index (χ2n) is 6.56. The molecular formula is C21H24N2O2. The molecule has 4 heteroatoms. The molecule has 1 atom stereocenters. The highest BCUT2D eigenvalue weighted by atomic mass is 16.2. The molecule has 0 aromatic heterocycles. The fourth-order valence-corrected chi connectivity index (χ4v) is 3.61. The van der Waals surface area contributed by atoms with Crippen LogP contribution in [0.15, 0.2) is 48.5 Å². The van der Waals surface area contributed by atoms with Gasteiger partial charge in [0, 0.05) is 23.7 Å². The van der Waals surface area contributed by atoms with Crippen LogP contribution in [0, 0.1) is 5.92 Å². The van der Waals surface area contributed by atoms with Gasteiger partial charge in [-0.1, -0.05) is 43.3 Å². The summed E-state index contributed by atoms with van der Waals surface area (Å²) in [6.07, 6.45) is 3.16. The Balaban J connectivity index is 1.88. The highest BCUT2D eigenvalue weighted by Crippen LogP contribution is 2.31. The van der Waals surface area contributed by atoms with E-state index in [-0.39, 0.29) is 11.8 Å². The number of carbonyl (C=O) groups is 2. The van der Waals surface area contributed by atoms with Gasteiger partial charge in [-0.3, -0.25) is 9.59 Å². The lowest BCUT2D eigenvalue weighted by molar-refractivity contribution is -0.122. The van der Waals surface area contributed by atoms with E-state index < -0.39 is 5.91 Å². The van der Waals surface area contributed by atoms with E-state index in [1.807, 2.05) is 35.2 Å². The van der Waals surface area contributed by atoms with Crippen LogP contribution in [0.2, 0.25) is 0 Å². The molecule has 130 valence electrons. The molecule has 25 heavy (non-hydrogen) atoms. The molecule has 0 fully saturated rings. The van der Waals surface area contributed by atoms with Crippen molar-refractivity contribution < 1.29 is 9.59 Å². The molecule has 1 aliphatic rings. The molecule has 2 aromatic rings. The van der Waals surface area contributed by atoms with Crippen molar-refractivity contribution in [3.8, 4) is 0 Å². The number of rotatable bonds is 5. The van der Waals surface area contributed by atoms with Crippen molar-refractivity contribution in [1.82, 2.24) is 0 Å². The number of nitrogens with two attached hydrogens (primary N) is 1. The zero-order valence-electron chi connectivity index (χ0n) is 14.6. The van der Waals surface area contributed by atoms with Gasteiger partial charge < -0.3 is 10.6 Å². The van der Waals surface area contributed by atoms with Crippen LogP contribution in [0.4, 0.5) is 5.69 Å². The molecule has 0 saturated carbocycles. The van der Waals surface area contributed by atoms with Gasteiger partial charge in [0.15, 0.2) is 0 Å². The Morgan fingerprint density at radius 3 is 2.56 bits per heavy atom. The molecule has 1 unspecified atom stereocenters. The zero-order chi connectivity index (χ0) is 17.8. The van der Waals surface area contributed by atoms with Gasteiger partial charge >= 0.3 is 0 Å². The Hall–Kier alpha value is -2.62. The lowest BCUT2D eigenvalue weighted by Gasteiger charge is -2.33. The van der Waals surface area contributed by atoms with Gasteiger partial charge in [0.1, 0.15) is 0 Å². The average molecular weight is 336 g/mol. The fraction of sp³-hybridized carbons (Fsp3) is 0.333. The normalized spacial score (nSPS) is 14.7. The standard InChI is InChI=1S/C21H24N2O2/c1-2-16(14-15-8-4-3-5-9-15)21(25)23-13-7-11-17-18(20(22)24)10-6-12-19(17)23/h3-6,8-10,12,16H,2,7,11,13-14H2,1H3,(H2,22,24). The average Bonchev–Trinajstić information content (AvgIpc) is 2.65. The fourth-order valence-electron chi connectivity index (χ4n) is 3.61. The van der Waals surface area contributed by atoms with Crippen LogP contribution in [-0.2, 0) is 17.6 Å². The van der Waals surface area contributed by atoms with Gasteiger partial charge in [-0.25, -0.2) is 0 Å². The van der Waals surface area contributed by atoms with Gasteiger partial charge in [0.05, 0.1) is 0 Å². The molecule has 2 N–H and O–H groups in total.